The van der Waals surface area contributed by atoms with E-state index in [1.54, 1.807) is 0 Å². The molecule has 0 heterocycles. The molecule has 2 N–H and O–H groups in total. The zero-order valence-corrected chi connectivity index (χ0v) is 6.66. The SMILES string of the molecule is [O-][NH2+]C(CCCl)CCCl. The lowest BCUT2D eigenvalue weighted by molar-refractivity contribution is -0.627. The second kappa shape index (κ2) is 6.62. The van der Waals surface area contributed by atoms with Gasteiger partial charge >= 0.3 is 0 Å². The van der Waals surface area contributed by atoms with Gasteiger partial charge in [-0.3, -0.25) is 0 Å². The molecule has 0 atom stereocenters. The first-order valence-electron chi connectivity index (χ1n) is 2.92. The van der Waals surface area contributed by atoms with Crippen LogP contribution in [0, 0.1) is 5.21 Å². The lowest BCUT2D eigenvalue weighted by Gasteiger charge is -2.13. The van der Waals surface area contributed by atoms with E-state index < -0.39 is 0 Å². The Balaban J connectivity index is 3.18. The summed E-state index contributed by atoms with van der Waals surface area (Å²) in [5.41, 5.74) is 0.921. The van der Waals surface area contributed by atoms with Gasteiger partial charge in [0.05, 0.1) is 6.04 Å². The fourth-order valence-electron chi connectivity index (χ4n) is 0.561. The fraction of sp³-hybridized carbons (Fsp3) is 1.00. The van der Waals surface area contributed by atoms with Crippen molar-refractivity contribution in [3.8, 4) is 0 Å². The standard InChI is InChI=1S/C5H11Cl2NO/c6-3-1-5(8-9)2-4-7/h5H,1-4,8H2. The number of nitrogens with two attached hydrogens (primary N) is 1. The van der Waals surface area contributed by atoms with Crippen LogP contribution in [0.15, 0.2) is 0 Å². The van der Waals surface area contributed by atoms with Crippen LogP contribution in [0.4, 0.5) is 0 Å². The lowest BCUT2D eigenvalue weighted by atomic mass is 10.2. The van der Waals surface area contributed by atoms with Gasteiger partial charge in [-0.05, 0) is 0 Å². The minimum Gasteiger partial charge on any atom is -0.636 e. The summed E-state index contributed by atoms with van der Waals surface area (Å²) in [6.07, 6.45) is 1.50. The number of hydrogen-bond acceptors (Lipinski definition) is 1. The van der Waals surface area contributed by atoms with Crippen molar-refractivity contribution in [1.82, 2.24) is 0 Å². The molecule has 0 aliphatic carbocycles. The van der Waals surface area contributed by atoms with Gasteiger partial charge in [-0.25, -0.2) is 0 Å². The largest absolute Gasteiger partial charge is 0.636 e. The van der Waals surface area contributed by atoms with Gasteiger partial charge in [0.15, 0.2) is 0 Å². The van der Waals surface area contributed by atoms with Crippen molar-refractivity contribution in [2.75, 3.05) is 11.8 Å². The third-order valence-corrected chi connectivity index (χ3v) is 1.59. The molecule has 0 fully saturated rings. The molecule has 2 nitrogen and oxygen atoms in total. The van der Waals surface area contributed by atoms with Crippen LogP contribution in [-0.4, -0.2) is 17.8 Å². The van der Waals surface area contributed by atoms with Gasteiger partial charge in [-0.15, -0.1) is 23.2 Å². The molecule has 0 amide bonds. The van der Waals surface area contributed by atoms with E-state index in [1.165, 1.54) is 0 Å². The summed E-state index contributed by atoms with van der Waals surface area (Å²) < 4.78 is 0. The van der Waals surface area contributed by atoms with Crippen LogP contribution < -0.4 is 5.48 Å². The summed E-state index contributed by atoms with van der Waals surface area (Å²) in [7, 11) is 0. The molecule has 0 rings (SSSR count). The van der Waals surface area contributed by atoms with Gasteiger partial charge in [0, 0.05) is 24.6 Å². The highest BCUT2D eigenvalue weighted by Crippen LogP contribution is 1.96. The Morgan fingerprint density at radius 3 is 1.89 bits per heavy atom. The molecule has 56 valence electrons. The fourth-order valence-corrected chi connectivity index (χ4v) is 1.12. The highest BCUT2D eigenvalue weighted by atomic mass is 35.5. The molecule has 9 heavy (non-hydrogen) atoms. The Bertz CT molecular complexity index is 56.9. The molecule has 0 saturated heterocycles. The monoisotopic (exact) mass is 171 g/mol. The third kappa shape index (κ3) is 4.97. The number of hydroxylamine groups is 1. The number of alkyl halides is 2. The van der Waals surface area contributed by atoms with E-state index >= 15 is 0 Å². The van der Waals surface area contributed by atoms with Gasteiger partial charge < -0.3 is 10.7 Å². The van der Waals surface area contributed by atoms with Crippen LogP contribution in [0.5, 0.6) is 0 Å². The molecule has 0 unspecified atom stereocenters. The van der Waals surface area contributed by atoms with Crippen molar-refractivity contribution in [2.24, 2.45) is 0 Å². The molecule has 0 saturated carbocycles. The van der Waals surface area contributed by atoms with E-state index in [9.17, 15) is 5.21 Å². The predicted octanol–water partition coefficient (Wildman–Crippen LogP) is 0.674. The summed E-state index contributed by atoms with van der Waals surface area (Å²) in [5, 5.41) is 10.2. The highest BCUT2D eigenvalue weighted by molar-refractivity contribution is 6.18. The minimum atomic E-state index is 0.0694. The Hall–Kier alpha value is 0.500. The van der Waals surface area contributed by atoms with Crippen molar-refractivity contribution in [3.63, 3.8) is 0 Å². The number of quaternary nitrogens is 1. The molecule has 0 aliphatic rings. The predicted molar refractivity (Wildman–Crippen MR) is 39.8 cm³/mol. The first-order valence-corrected chi connectivity index (χ1v) is 3.99. The van der Waals surface area contributed by atoms with E-state index in [0.29, 0.717) is 11.8 Å². The average Bonchev–Trinajstić information content (AvgIpc) is 1.88. The topological polar surface area (TPSA) is 39.7 Å². The van der Waals surface area contributed by atoms with E-state index in [2.05, 4.69) is 0 Å². The summed E-state index contributed by atoms with van der Waals surface area (Å²) in [6.45, 7) is 0. The van der Waals surface area contributed by atoms with Crippen LogP contribution in [0.2, 0.25) is 0 Å². The second-order valence-corrected chi connectivity index (χ2v) is 2.61. The summed E-state index contributed by atoms with van der Waals surface area (Å²) in [5.74, 6) is 1.08. The molecule has 0 aromatic carbocycles. The van der Waals surface area contributed by atoms with Crippen molar-refractivity contribution in [3.05, 3.63) is 5.21 Å². The Kier molecular flexibility index (Phi) is 6.99. The molecule has 0 bridgehead atoms. The third-order valence-electron chi connectivity index (χ3n) is 1.15. The zero-order valence-electron chi connectivity index (χ0n) is 5.15. The van der Waals surface area contributed by atoms with Crippen LogP contribution in [0.3, 0.4) is 0 Å². The zero-order chi connectivity index (χ0) is 7.11. The van der Waals surface area contributed by atoms with Crippen molar-refractivity contribution >= 4 is 23.2 Å². The van der Waals surface area contributed by atoms with Gasteiger partial charge in [-0.1, -0.05) is 0 Å². The summed E-state index contributed by atoms with van der Waals surface area (Å²) in [4.78, 5) is 0. The second-order valence-electron chi connectivity index (χ2n) is 1.85. The Morgan fingerprint density at radius 2 is 1.67 bits per heavy atom. The molecule has 4 heteroatoms. The van der Waals surface area contributed by atoms with Crippen molar-refractivity contribution < 1.29 is 5.48 Å². The minimum absolute atomic E-state index is 0.0694. The molecule has 0 aliphatic heterocycles. The Morgan fingerprint density at radius 1 is 1.22 bits per heavy atom. The molecule has 0 spiro atoms. The number of hydrogen-bond donors (Lipinski definition) is 1. The first-order chi connectivity index (χ1) is 4.35. The maximum atomic E-state index is 10.2. The van der Waals surface area contributed by atoms with Gasteiger partial charge in [0.1, 0.15) is 0 Å². The van der Waals surface area contributed by atoms with Crippen LogP contribution in [0.25, 0.3) is 0 Å². The molecular formula is C5H11Cl2NO. The average molecular weight is 172 g/mol. The smallest absolute Gasteiger partial charge is 0.0879 e. The maximum absolute atomic E-state index is 10.2. The van der Waals surface area contributed by atoms with E-state index in [1.807, 2.05) is 0 Å². The molecule has 0 aromatic heterocycles. The Labute approximate surface area is 65.1 Å². The molecule has 0 radical (unpaired) electrons. The quantitative estimate of drug-likeness (QED) is 0.480. The highest BCUT2D eigenvalue weighted by Gasteiger charge is 2.04. The van der Waals surface area contributed by atoms with Gasteiger partial charge in [-0.2, -0.15) is 0 Å². The summed E-state index contributed by atoms with van der Waals surface area (Å²) >= 11 is 10.8. The van der Waals surface area contributed by atoms with Crippen molar-refractivity contribution in [2.45, 2.75) is 18.9 Å². The normalized spacial score (nSPS) is 10.7. The molecular weight excluding hydrogens is 161 g/mol. The van der Waals surface area contributed by atoms with E-state index in [-0.39, 0.29) is 6.04 Å². The van der Waals surface area contributed by atoms with E-state index in [4.69, 9.17) is 23.2 Å². The first kappa shape index (κ1) is 9.50. The lowest BCUT2D eigenvalue weighted by Crippen LogP contribution is -2.84. The van der Waals surface area contributed by atoms with E-state index in [0.717, 1.165) is 18.3 Å². The maximum Gasteiger partial charge on any atom is 0.0879 e. The summed E-state index contributed by atoms with van der Waals surface area (Å²) in [6, 6.07) is 0.0694. The van der Waals surface area contributed by atoms with Gasteiger partial charge in [0.2, 0.25) is 0 Å². The number of halogens is 2. The molecule has 0 aromatic rings. The van der Waals surface area contributed by atoms with Crippen molar-refractivity contribution in [1.29, 1.82) is 0 Å². The van der Waals surface area contributed by atoms with Gasteiger partial charge in [0.25, 0.3) is 0 Å². The van der Waals surface area contributed by atoms with Crippen LogP contribution in [0.1, 0.15) is 12.8 Å². The number of rotatable bonds is 5. The van der Waals surface area contributed by atoms with Crippen LogP contribution >= 0.6 is 23.2 Å². The van der Waals surface area contributed by atoms with Crippen LogP contribution in [-0.2, 0) is 0 Å².